The minimum atomic E-state index is -3.66. The van der Waals surface area contributed by atoms with Crippen LogP contribution in [0.5, 0.6) is 5.75 Å². The standard InChI is InChI=1S/C14H14ClNO4S/c15-11-1-3-12(4-2-11)16-21(18,19)14-7-5-13(6-8-14)20-10-9-17/h1-8,16-17H,9-10H2. The lowest BCUT2D eigenvalue weighted by atomic mass is 10.3. The van der Waals surface area contributed by atoms with Crippen LogP contribution in [0, 0.1) is 0 Å². The van der Waals surface area contributed by atoms with Gasteiger partial charge in [0.1, 0.15) is 12.4 Å². The maximum atomic E-state index is 12.2. The predicted octanol–water partition coefficient (Wildman–Crippen LogP) is 2.51. The lowest BCUT2D eigenvalue weighted by Gasteiger charge is -2.09. The van der Waals surface area contributed by atoms with E-state index >= 15 is 0 Å². The predicted molar refractivity (Wildman–Crippen MR) is 81.3 cm³/mol. The molecule has 0 radical (unpaired) electrons. The van der Waals surface area contributed by atoms with Crippen molar-refractivity contribution in [2.75, 3.05) is 17.9 Å². The highest BCUT2D eigenvalue weighted by molar-refractivity contribution is 7.92. The number of aliphatic hydroxyl groups excluding tert-OH is 1. The van der Waals surface area contributed by atoms with Crippen LogP contribution in [0.4, 0.5) is 5.69 Å². The van der Waals surface area contributed by atoms with Crippen LogP contribution in [0.25, 0.3) is 0 Å². The third-order valence-corrected chi connectivity index (χ3v) is 4.24. The van der Waals surface area contributed by atoms with E-state index in [4.69, 9.17) is 21.4 Å². The van der Waals surface area contributed by atoms with E-state index in [0.717, 1.165) is 0 Å². The molecule has 112 valence electrons. The SMILES string of the molecule is O=S(=O)(Nc1ccc(Cl)cc1)c1ccc(OCCO)cc1. The van der Waals surface area contributed by atoms with Gasteiger partial charge in [0, 0.05) is 10.7 Å². The fraction of sp³-hybridized carbons (Fsp3) is 0.143. The lowest BCUT2D eigenvalue weighted by molar-refractivity contribution is 0.201. The Morgan fingerprint density at radius 3 is 2.24 bits per heavy atom. The smallest absolute Gasteiger partial charge is 0.261 e. The van der Waals surface area contributed by atoms with E-state index < -0.39 is 10.0 Å². The maximum absolute atomic E-state index is 12.2. The van der Waals surface area contributed by atoms with Crippen LogP contribution in [-0.4, -0.2) is 26.7 Å². The van der Waals surface area contributed by atoms with Gasteiger partial charge in [0.15, 0.2) is 0 Å². The van der Waals surface area contributed by atoms with Gasteiger partial charge >= 0.3 is 0 Å². The lowest BCUT2D eigenvalue weighted by Crippen LogP contribution is -2.12. The number of halogens is 1. The van der Waals surface area contributed by atoms with E-state index in [9.17, 15) is 8.42 Å². The highest BCUT2D eigenvalue weighted by Gasteiger charge is 2.14. The van der Waals surface area contributed by atoms with Gasteiger partial charge in [-0.15, -0.1) is 0 Å². The number of rotatable bonds is 6. The van der Waals surface area contributed by atoms with E-state index in [1.807, 2.05) is 0 Å². The van der Waals surface area contributed by atoms with Gasteiger partial charge in [0.25, 0.3) is 10.0 Å². The number of aliphatic hydroxyl groups is 1. The number of nitrogens with one attached hydrogen (secondary N) is 1. The molecule has 0 unspecified atom stereocenters. The van der Waals surface area contributed by atoms with Crippen molar-refractivity contribution >= 4 is 27.3 Å². The number of anilines is 1. The van der Waals surface area contributed by atoms with Gasteiger partial charge in [-0.3, -0.25) is 4.72 Å². The molecule has 0 saturated heterocycles. The van der Waals surface area contributed by atoms with Gasteiger partial charge in [-0.2, -0.15) is 0 Å². The molecule has 0 bridgehead atoms. The monoisotopic (exact) mass is 327 g/mol. The van der Waals surface area contributed by atoms with Crippen molar-refractivity contribution in [2.24, 2.45) is 0 Å². The highest BCUT2D eigenvalue weighted by Crippen LogP contribution is 2.20. The molecule has 0 saturated carbocycles. The fourth-order valence-corrected chi connectivity index (χ4v) is 2.80. The van der Waals surface area contributed by atoms with Gasteiger partial charge in [-0.05, 0) is 48.5 Å². The van der Waals surface area contributed by atoms with Crippen molar-refractivity contribution in [3.8, 4) is 5.75 Å². The number of ether oxygens (including phenoxy) is 1. The van der Waals surface area contributed by atoms with Crippen LogP contribution in [0.2, 0.25) is 5.02 Å². The summed E-state index contributed by atoms with van der Waals surface area (Å²) in [5.74, 6) is 0.495. The first-order valence-corrected chi connectivity index (χ1v) is 7.99. The van der Waals surface area contributed by atoms with E-state index in [2.05, 4.69) is 4.72 Å². The molecule has 21 heavy (non-hydrogen) atoms. The second-order valence-corrected chi connectivity index (χ2v) is 6.27. The zero-order chi connectivity index (χ0) is 15.3. The Morgan fingerprint density at radius 1 is 1.05 bits per heavy atom. The molecule has 0 heterocycles. The Balaban J connectivity index is 2.13. The molecular formula is C14H14ClNO4S. The van der Waals surface area contributed by atoms with E-state index in [1.165, 1.54) is 24.3 Å². The average Bonchev–Trinajstić information content (AvgIpc) is 2.48. The molecule has 2 aromatic rings. The molecule has 2 aromatic carbocycles. The molecule has 2 N–H and O–H groups in total. The normalized spacial score (nSPS) is 11.1. The third kappa shape index (κ3) is 4.35. The second kappa shape index (κ2) is 6.80. The largest absolute Gasteiger partial charge is 0.491 e. The molecule has 0 amide bonds. The summed E-state index contributed by atoms with van der Waals surface area (Å²) in [7, 11) is -3.66. The Kier molecular flexibility index (Phi) is 5.06. The molecule has 0 aromatic heterocycles. The molecule has 0 aliphatic heterocycles. The minimum absolute atomic E-state index is 0.0990. The Labute approximate surface area is 128 Å². The van der Waals surface area contributed by atoms with Crippen molar-refractivity contribution in [3.05, 3.63) is 53.6 Å². The fourth-order valence-electron chi connectivity index (χ4n) is 1.61. The molecular weight excluding hydrogens is 314 g/mol. The molecule has 0 atom stereocenters. The number of hydrogen-bond acceptors (Lipinski definition) is 4. The Hall–Kier alpha value is -1.76. The van der Waals surface area contributed by atoms with Gasteiger partial charge in [0.2, 0.25) is 0 Å². The maximum Gasteiger partial charge on any atom is 0.261 e. The second-order valence-electron chi connectivity index (χ2n) is 4.16. The number of sulfonamides is 1. The van der Waals surface area contributed by atoms with Crippen LogP contribution in [0.3, 0.4) is 0 Å². The molecule has 5 nitrogen and oxygen atoms in total. The molecule has 0 aliphatic rings. The van der Waals surface area contributed by atoms with Crippen molar-refractivity contribution in [1.82, 2.24) is 0 Å². The van der Waals surface area contributed by atoms with Crippen molar-refractivity contribution in [3.63, 3.8) is 0 Å². The Bertz CT molecular complexity index is 684. The average molecular weight is 328 g/mol. The van der Waals surface area contributed by atoms with E-state index in [0.29, 0.717) is 16.5 Å². The first-order chi connectivity index (χ1) is 10.0. The third-order valence-electron chi connectivity index (χ3n) is 2.59. The summed E-state index contributed by atoms with van der Waals surface area (Å²) < 4.78 is 32.0. The van der Waals surface area contributed by atoms with E-state index in [1.54, 1.807) is 24.3 Å². The van der Waals surface area contributed by atoms with Gasteiger partial charge in [-0.1, -0.05) is 11.6 Å². The van der Waals surface area contributed by atoms with Crippen molar-refractivity contribution < 1.29 is 18.3 Å². The van der Waals surface area contributed by atoms with Crippen LogP contribution < -0.4 is 9.46 Å². The first-order valence-electron chi connectivity index (χ1n) is 6.13. The zero-order valence-corrected chi connectivity index (χ0v) is 12.6. The molecule has 0 fully saturated rings. The first kappa shape index (κ1) is 15.6. The number of hydrogen-bond donors (Lipinski definition) is 2. The van der Waals surface area contributed by atoms with Crippen LogP contribution in [-0.2, 0) is 10.0 Å². The van der Waals surface area contributed by atoms with Gasteiger partial charge in [-0.25, -0.2) is 8.42 Å². The summed E-state index contributed by atoms with van der Waals surface area (Å²) in [5, 5.41) is 9.19. The van der Waals surface area contributed by atoms with Gasteiger partial charge in [0.05, 0.1) is 11.5 Å². The van der Waals surface area contributed by atoms with Crippen LogP contribution in [0.15, 0.2) is 53.4 Å². The summed E-state index contributed by atoms with van der Waals surface area (Å²) in [6.07, 6.45) is 0. The summed E-state index contributed by atoms with van der Waals surface area (Å²) in [6.45, 7) is 0.0628. The van der Waals surface area contributed by atoms with Crippen molar-refractivity contribution in [2.45, 2.75) is 4.90 Å². The number of benzene rings is 2. The molecule has 7 heteroatoms. The van der Waals surface area contributed by atoms with Crippen molar-refractivity contribution in [1.29, 1.82) is 0 Å². The summed E-state index contributed by atoms with van der Waals surface area (Å²) in [5.41, 5.74) is 0.431. The van der Waals surface area contributed by atoms with E-state index in [-0.39, 0.29) is 18.1 Å². The molecule has 2 rings (SSSR count). The zero-order valence-electron chi connectivity index (χ0n) is 11.0. The topological polar surface area (TPSA) is 75.6 Å². The highest BCUT2D eigenvalue weighted by atomic mass is 35.5. The summed E-state index contributed by atoms with van der Waals surface area (Å²) in [4.78, 5) is 0.119. The summed E-state index contributed by atoms with van der Waals surface area (Å²) in [6, 6.07) is 12.3. The Morgan fingerprint density at radius 2 is 1.67 bits per heavy atom. The molecule has 0 spiro atoms. The molecule has 0 aliphatic carbocycles. The minimum Gasteiger partial charge on any atom is -0.491 e. The summed E-state index contributed by atoms with van der Waals surface area (Å²) >= 11 is 5.75. The van der Waals surface area contributed by atoms with Crippen LogP contribution in [0.1, 0.15) is 0 Å². The van der Waals surface area contributed by atoms with Gasteiger partial charge < -0.3 is 9.84 Å². The quantitative estimate of drug-likeness (QED) is 0.854. The van der Waals surface area contributed by atoms with Crippen LogP contribution >= 0.6 is 11.6 Å².